The van der Waals surface area contributed by atoms with Crippen molar-refractivity contribution in [2.75, 3.05) is 33.3 Å². The van der Waals surface area contributed by atoms with E-state index in [9.17, 15) is 19.8 Å². The minimum absolute atomic E-state index is 0.00988. The van der Waals surface area contributed by atoms with Crippen LogP contribution in [-0.4, -0.2) is 77.9 Å². The Bertz CT molecular complexity index is 652. The Morgan fingerprint density at radius 1 is 1.42 bits per heavy atom. The summed E-state index contributed by atoms with van der Waals surface area (Å²) in [6.07, 6.45) is 2.94. The van der Waals surface area contributed by atoms with Gasteiger partial charge in [-0.25, -0.2) is 0 Å². The van der Waals surface area contributed by atoms with Crippen LogP contribution >= 0.6 is 0 Å². The van der Waals surface area contributed by atoms with Gasteiger partial charge in [-0.15, -0.1) is 0 Å². The van der Waals surface area contributed by atoms with E-state index in [1.807, 2.05) is 0 Å². The van der Waals surface area contributed by atoms with Gasteiger partial charge in [-0.3, -0.25) is 4.79 Å². The van der Waals surface area contributed by atoms with Crippen molar-refractivity contribution in [1.82, 2.24) is 4.90 Å². The molecule has 7 heteroatoms. The van der Waals surface area contributed by atoms with Gasteiger partial charge >= 0.3 is 0 Å². The molecule has 4 rings (SSSR count). The number of carboxylic acids is 1. The highest BCUT2D eigenvalue weighted by Gasteiger charge is 2.62. The molecular weight excluding hydrogens is 336 g/mol. The molecule has 0 aromatic carbocycles. The maximum Gasteiger partial charge on any atom is 0.235 e. The Labute approximate surface area is 153 Å². The predicted octanol–water partition coefficient (Wildman–Crippen LogP) is -0.753. The lowest BCUT2D eigenvalue weighted by Crippen LogP contribution is -2.66. The van der Waals surface area contributed by atoms with Crippen LogP contribution < -0.4 is 5.11 Å². The Kier molecular flexibility index (Phi) is 4.36. The number of amides is 1. The van der Waals surface area contributed by atoms with E-state index < -0.39 is 30.1 Å². The molecule has 1 N–H and O–H groups in total. The normalized spacial score (nSPS) is 36.6. The van der Waals surface area contributed by atoms with Gasteiger partial charge in [-0.05, 0) is 24.8 Å². The number of hydrogen-bond acceptors (Lipinski definition) is 5. The van der Waals surface area contributed by atoms with Crippen LogP contribution in [0.2, 0.25) is 0 Å². The Morgan fingerprint density at radius 3 is 2.73 bits per heavy atom. The fourth-order valence-electron chi connectivity index (χ4n) is 5.48. The maximum absolute atomic E-state index is 12.4. The number of fused-ring (bicyclic) bond motifs is 3. The van der Waals surface area contributed by atoms with Crippen molar-refractivity contribution in [3.63, 3.8) is 0 Å². The first-order valence-electron chi connectivity index (χ1n) is 9.76. The average molecular weight is 364 g/mol. The van der Waals surface area contributed by atoms with Crippen LogP contribution in [0.1, 0.15) is 32.6 Å². The van der Waals surface area contributed by atoms with Crippen molar-refractivity contribution in [3.8, 4) is 0 Å². The molecule has 0 aliphatic carbocycles. The number of rotatable bonds is 5. The predicted molar refractivity (Wildman–Crippen MR) is 90.3 cm³/mol. The Hall–Kier alpha value is -1.44. The summed E-state index contributed by atoms with van der Waals surface area (Å²) in [6.45, 7) is 5.51. The first kappa shape index (κ1) is 17.9. The summed E-state index contributed by atoms with van der Waals surface area (Å²) < 4.78 is 6.95. The third-order valence-electron chi connectivity index (χ3n) is 6.90. The SMILES string of the molecule is C[C@@H](O)[C@H]1C(=O)N2C(C(=O)[O-])=C3[C@H](CC[N+]4(C)CCCC4)CCO[C@@H]3[C@H]12. The topological polar surface area (TPSA) is 89.9 Å². The molecule has 1 amide bonds. The number of carboxylic acid groups (broad SMARTS) is 1. The number of aliphatic hydroxyl groups excluding tert-OH is 1. The Morgan fingerprint density at radius 2 is 2.12 bits per heavy atom. The molecule has 7 nitrogen and oxygen atoms in total. The molecule has 4 heterocycles. The number of aliphatic carboxylic acids is 1. The molecule has 0 radical (unpaired) electrons. The largest absolute Gasteiger partial charge is 0.543 e. The second-order valence-corrected chi connectivity index (χ2v) is 8.62. The van der Waals surface area contributed by atoms with E-state index >= 15 is 0 Å². The molecule has 5 atom stereocenters. The number of likely N-dealkylation sites (tertiary alicyclic amines) is 1. The highest BCUT2D eigenvalue weighted by molar-refractivity contribution is 5.99. The molecule has 0 saturated carbocycles. The van der Waals surface area contributed by atoms with E-state index in [2.05, 4.69) is 7.05 Å². The van der Waals surface area contributed by atoms with E-state index in [0.717, 1.165) is 29.4 Å². The first-order chi connectivity index (χ1) is 12.3. The number of carbonyl (C=O) groups excluding carboxylic acids is 2. The smallest absolute Gasteiger partial charge is 0.235 e. The minimum Gasteiger partial charge on any atom is -0.543 e. The summed E-state index contributed by atoms with van der Waals surface area (Å²) in [4.78, 5) is 25.6. The summed E-state index contributed by atoms with van der Waals surface area (Å²) in [6, 6.07) is -0.398. The van der Waals surface area contributed by atoms with E-state index in [4.69, 9.17) is 4.74 Å². The van der Waals surface area contributed by atoms with Crippen LogP contribution in [0.5, 0.6) is 0 Å². The summed E-state index contributed by atoms with van der Waals surface area (Å²) in [5.41, 5.74) is 0.735. The molecule has 4 aliphatic rings. The van der Waals surface area contributed by atoms with Crippen LogP contribution in [0.25, 0.3) is 0 Å². The average Bonchev–Trinajstić information content (AvgIpc) is 3.13. The molecule has 0 aromatic rings. The number of hydrogen-bond donors (Lipinski definition) is 1. The van der Waals surface area contributed by atoms with Gasteiger partial charge in [0.25, 0.3) is 0 Å². The van der Waals surface area contributed by atoms with Crippen LogP contribution in [0, 0.1) is 11.8 Å². The zero-order valence-corrected chi connectivity index (χ0v) is 15.5. The molecule has 26 heavy (non-hydrogen) atoms. The third kappa shape index (κ3) is 2.60. The number of β-lactam (4-membered cyclic amide) rings is 1. The minimum atomic E-state index is -1.30. The highest BCUT2D eigenvalue weighted by Crippen LogP contribution is 2.49. The molecule has 0 bridgehead atoms. The quantitative estimate of drug-likeness (QED) is 0.512. The zero-order chi connectivity index (χ0) is 18.6. The van der Waals surface area contributed by atoms with Crippen molar-refractivity contribution in [1.29, 1.82) is 0 Å². The number of nitrogens with zero attached hydrogens (tertiary/aromatic N) is 2. The van der Waals surface area contributed by atoms with Crippen molar-refractivity contribution in [3.05, 3.63) is 11.3 Å². The molecule has 0 aromatic heterocycles. The Balaban J connectivity index is 1.60. The number of aliphatic hydroxyl groups is 1. The van der Waals surface area contributed by atoms with Gasteiger partial charge in [-0.2, -0.15) is 0 Å². The third-order valence-corrected chi connectivity index (χ3v) is 6.90. The van der Waals surface area contributed by atoms with Gasteiger partial charge in [0.05, 0.1) is 56.4 Å². The van der Waals surface area contributed by atoms with Gasteiger partial charge < -0.3 is 29.1 Å². The van der Waals surface area contributed by atoms with Gasteiger partial charge in [0.2, 0.25) is 5.91 Å². The van der Waals surface area contributed by atoms with Gasteiger partial charge in [0.15, 0.2) is 0 Å². The molecular formula is C19H28N2O5. The number of ether oxygens (including phenoxy) is 1. The van der Waals surface area contributed by atoms with Crippen LogP contribution in [0.15, 0.2) is 11.3 Å². The van der Waals surface area contributed by atoms with Crippen molar-refractivity contribution >= 4 is 11.9 Å². The van der Waals surface area contributed by atoms with Crippen molar-refractivity contribution in [2.45, 2.75) is 50.9 Å². The molecule has 4 aliphatic heterocycles. The second-order valence-electron chi connectivity index (χ2n) is 8.62. The summed E-state index contributed by atoms with van der Waals surface area (Å²) >= 11 is 0. The van der Waals surface area contributed by atoms with E-state index in [1.54, 1.807) is 6.92 Å². The van der Waals surface area contributed by atoms with Crippen molar-refractivity contribution in [2.24, 2.45) is 11.8 Å². The standard InChI is InChI=1S/C19H28N2O5/c1-11(22)13-15-17-14(16(19(24)25)20(15)18(13)23)12(6-10-26-17)5-9-21(2)7-3-4-8-21/h11-13,15,17,22H,3-10H2,1-2H3/t11-,12-,13-,15+,17+/m1/s1. The van der Waals surface area contributed by atoms with E-state index in [0.29, 0.717) is 6.61 Å². The summed E-state index contributed by atoms with van der Waals surface area (Å²) in [7, 11) is 2.27. The van der Waals surface area contributed by atoms with Crippen LogP contribution in [0.3, 0.4) is 0 Å². The molecule has 3 fully saturated rings. The fourth-order valence-corrected chi connectivity index (χ4v) is 5.48. The maximum atomic E-state index is 12.4. The van der Waals surface area contributed by atoms with Crippen molar-refractivity contribution < 1.29 is 29.0 Å². The molecule has 0 spiro atoms. The molecule has 3 saturated heterocycles. The monoisotopic (exact) mass is 364 g/mol. The van der Waals surface area contributed by atoms with E-state index in [-0.39, 0.29) is 17.5 Å². The second kappa shape index (κ2) is 6.32. The molecule has 0 unspecified atom stereocenters. The zero-order valence-electron chi connectivity index (χ0n) is 15.5. The number of quaternary nitrogens is 1. The van der Waals surface area contributed by atoms with E-state index in [1.165, 1.54) is 30.8 Å². The van der Waals surface area contributed by atoms with Crippen LogP contribution in [0.4, 0.5) is 0 Å². The van der Waals surface area contributed by atoms with Gasteiger partial charge in [-0.1, -0.05) is 0 Å². The van der Waals surface area contributed by atoms with Gasteiger partial charge in [0, 0.05) is 25.9 Å². The lowest BCUT2D eigenvalue weighted by Gasteiger charge is -2.47. The summed E-state index contributed by atoms with van der Waals surface area (Å²) in [5, 5.41) is 21.8. The highest BCUT2D eigenvalue weighted by atomic mass is 16.5. The molecule has 144 valence electrons. The van der Waals surface area contributed by atoms with Gasteiger partial charge in [0.1, 0.15) is 6.10 Å². The van der Waals surface area contributed by atoms with Crippen LogP contribution in [-0.2, 0) is 14.3 Å². The fraction of sp³-hybridized carbons (Fsp3) is 0.789. The number of carbonyl (C=O) groups is 2. The summed E-state index contributed by atoms with van der Waals surface area (Å²) in [5.74, 6) is -2.12. The first-order valence-corrected chi connectivity index (χ1v) is 9.76. The lowest BCUT2D eigenvalue weighted by atomic mass is 9.78. The lowest BCUT2D eigenvalue weighted by molar-refractivity contribution is -0.898.